The average Bonchev–Trinajstić information content (AvgIpc) is 2.82. The van der Waals surface area contributed by atoms with Crippen LogP contribution in [-0.4, -0.2) is 21.2 Å². The van der Waals surface area contributed by atoms with E-state index in [0.29, 0.717) is 19.4 Å². The van der Waals surface area contributed by atoms with Crippen molar-refractivity contribution in [3.8, 4) is 5.75 Å². The number of phenolic OH excluding ortho intramolecular Hbond substituents is 1. The predicted octanol–water partition coefficient (Wildman–Crippen LogP) is 5.76. The lowest BCUT2D eigenvalue weighted by atomic mass is 10.2. The molecule has 3 rings (SSSR count). The van der Waals surface area contributed by atoms with Gasteiger partial charge in [0.1, 0.15) is 5.75 Å². The second kappa shape index (κ2) is 7.81. The van der Waals surface area contributed by atoms with Gasteiger partial charge >= 0.3 is 0 Å². The van der Waals surface area contributed by atoms with Crippen molar-refractivity contribution in [2.45, 2.75) is 6.54 Å². The van der Waals surface area contributed by atoms with E-state index in [1.807, 2.05) is 24.3 Å². The number of hydrogen-bond acceptors (Lipinski definition) is 4. The minimum Gasteiger partial charge on any atom is -0.506 e. The van der Waals surface area contributed by atoms with Crippen LogP contribution in [0.25, 0.3) is 6.08 Å². The van der Waals surface area contributed by atoms with Crippen LogP contribution < -0.4 is 0 Å². The van der Waals surface area contributed by atoms with E-state index in [0.717, 1.165) is 20.9 Å². The molecule has 4 nitrogen and oxygen atoms in total. The van der Waals surface area contributed by atoms with Crippen LogP contribution in [0.1, 0.15) is 11.1 Å². The van der Waals surface area contributed by atoms with Crippen molar-refractivity contribution in [1.82, 2.24) is 4.90 Å². The quantitative estimate of drug-likeness (QED) is 0.363. The summed E-state index contributed by atoms with van der Waals surface area (Å²) < 4.78 is 2.11. The number of rotatable bonds is 3. The number of imide groups is 1. The first-order valence-electron chi connectivity index (χ1n) is 7.03. The molecular weight excluding hydrogens is 585 g/mol. The van der Waals surface area contributed by atoms with Crippen molar-refractivity contribution in [1.29, 1.82) is 0 Å². The van der Waals surface area contributed by atoms with Gasteiger partial charge in [-0.3, -0.25) is 14.5 Å². The Balaban J connectivity index is 1.84. The molecule has 1 saturated heterocycles. The standard InChI is InChI=1S/C17H10Br2INO3S/c18-12-5-10(6-13(19)15(12)22)7-14-16(23)21(17(24)25-14)8-9-1-3-11(20)4-2-9/h1-7,22H,8H2/b14-7-. The van der Waals surface area contributed by atoms with Crippen LogP contribution in [0.2, 0.25) is 0 Å². The summed E-state index contributed by atoms with van der Waals surface area (Å²) in [5.41, 5.74) is 1.61. The minimum atomic E-state index is -0.311. The highest BCUT2D eigenvalue weighted by Gasteiger charge is 2.35. The van der Waals surface area contributed by atoms with Gasteiger partial charge in [0.15, 0.2) is 0 Å². The maximum absolute atomic E-state index is 12.6. The molecular formula is C17H10Br2INO3S. The zero-order chi connectivity index (χ0) is 18.1. The van der Waals surface area contributed by atoms with Crippen LogP contribution in [-0.2, 0) is 11.3 Å². The lowest BCUT2D eigenvalue weighted by Gasteiger charge is -2.12. The number of carbonyl (C=O) groups excluding carboxylic acids is 2. The minimum absolute atomic E-state index is 0.0870. The Labute approximate surface area is 179 Å². The summed E-state index contributed by atoms with van der Waals surface area (Å²) in [4.78, 5) is 26.4. The fourth-order valence-corrected chi connectivity index (χ4v) is 4.65. The Morgan fingerprint density at radius 1 is 1.12 bits per heavy atom. The first kappa shape index (κ1) is 18.9. The first-order chi connectivity index (χ1) is 11.8. The van der Waals surface area contributed by atoms with Crippen LogP contribution in [0, 0.1) is 3.57 Å². The Morgan fingerprint density at radius 3 is 2.32 bits per heavy atom. The van der Waals surface area contributed by atoms with Gasteiger partial charge in [-0.15, -0.1) is 0 Å². The Morgan fingerprint density at radius 2 is 1.72 bits per heavy atom. The van der Waals surface area contributed by atoms with Gasteiger partial charge in [0, 0.05) is 3.57 Å². The fourth-order valence-electron chi connectivity index (χ4n) is 2.23. The number of amides is 2. The SMILES string of the molecule is O=C1S/C(=C\c2cc(Br)c(O)c(Br)c2)C(=O)N1Cc1ccc(I)cc1. The monoisotopic (exact) mass is 593 g/mol. The maximum atomic E-state index is 12.6. The van der Waals surface area contributed by atoms with E-state index >= 15 is 0 Å². The first-order valence-corrected chi connectivity index (χ1v) is 10.5. The molecule has 1 heterocycles. The van der Waals surface area contributed by atoms with Gasteiger partial charge in [0.2, 0.25) is 0 Å². The smallest absolute Gasteiger partial charge is 0.293 e. The summed E-state index contributed by atoms with van der Waals surface area (Å²) in [6.45, 7) is 0.252. The van der Waals surface area contributed by atoms with Crippen molar-refractivity contribution < 1.29 is 14.7 Å². The highest BCUT2D eigenvalue weighted by molar-refractivity contribution is 14.1. The molecule has 2 aromatic carbocycles. The highest BCUT2D eigenvalue weighted by Crippen LogP contribution is 2.37. The topological polar surface area (TPSA) is 57.6 Å². The van der Waals surface area contributed by atoms with Crippen LogP contribution in [0.5, 0.6) is 5.75 Å². The summed E-state index contributed by atoms with van der Waals surface area (Å²) in [5.74, 6) is -0.224. The van der Waals surface area contributed by atoms with Crippen LogP contribution >= 0.6 is 66.2 Å². The third-order valence-corrected chi connectivity index (χ3v) is 6.30. The Bertz CT molecular complexity index is 876. The number of carbonyl (C=O) groups is 2. The molecule has 25 heavy (non-hydrogen) atoms. The predicted molar refractivity (Wildman–Crippen MR) is 114 cm³/mol. The summed E-state index contributed by atoms with van der Waals surface area (Å²) in [5, 5.41) is 9.48. The molecule has 1 fully saturated rings. The fraction of sp³-hybridized carbons (Fsp3) is 0.0588. The number of hydrogen-bond donors (Lipinski definition) is 1. The van der Waals surface area contributed by atoms with E-state index in [1.54, 1.807) is 18.2 Å². The molecule has 0 aromatic heterocycles. The van der Waals surface area contributed by atoms with E-state index in [4.69, 9.17) is 0 Å². The molecule has 2 amide bonds. The number of thioether (sulfide) groups is 1. The summed E-state index contributed by atoms with van der Waals surface area (Å²) >= 11 is 9.64. The largest absolute Gasteiger partial charge is 0.506 e. The van der Waals surface area contributed by atoms with Crippen molar-refractivity contribution in [2.24, 2.45) is 0 Å². The Kier molecular flexibility index (Phi) is 5.92. The number of benzene rings is 2. The lowest BCUT2D eigenvalue weighted by Crippen LogP contribution is -2.27. The summed E-state index contributed by atoms with van der Waals surface area (Å²) in [6.07, 6.45) is 1.65. The molecule has 0 atom stereocenters. The number of aromatic hydroxyl groups is 1. The molecule has 1 N–H and O–H groups in total. The molecule has 0 bridgehead atoms. The van der Waals surface area contributed by atoms with Crippen molar-refractivity contribution >= 4 is 83.4 Å². The van der Waals surface area contributed by atoms with Crippen molar-refractivity contribution in [3.63, 3.8) is 0 Å². The van der Waals surface area contributed by atoms with E-state index in [1.165, 1.54) is 4.90 Å². The summed E-state index contributed by atoms with van der Waals surface area (Å²) in [7, 11) is 0. The second-order valence-electron chi connectivity index (χ2n) is 5.23. The van der Waals surface area contributed by atoms with E-state index < -0.39 is 0 Å². The third-order valence-electron chi connectivity index (χ3n) is 3.46. The number of phenols is 1. The van der Waals surface area contributed by atoms with Crippen LogP contribution in [0.15, 0.2) is 50.2 Å². The zero-order valence-corrected chi connectivity index (χ0v) is 18.6. The van der Waals surface area contributed by atoms with Gasteiger partial charge in [-0.1, -0.05) is 12.1 Å². The van der Waals surface area contributed by atoms with E-state index in [2.05, 4.69) is 54.5 Å². The Hall–Kier alpha value is -0.840. The molecule has 0 saturated carbocycles. The molecule has 128 valence electrons. The molecule has 2 aromatic rings. The molecule has 0 radical (unpaired) electrons. The van der Waals surface area contributed by atoms with Gasteiger partial charge in [-0.05, 0) is 108 Å². The molecule has 0 aliphatic carbocycles. The van der Waals surface area contributed by atoms with Crippen molar-refractivity contribution in [2.75, 3.05) is 0 Å². The summed E-state index contributed by atoms with van der Waals surface area (Å²) in [6, 6.07) is 11.1. The van der Waals surface area contributed by atoms with Gasteiger partial charge in [0.05, 0.1) is 20.4 Å². The van der Waals surface area contributed by atoms with E-state index in [9.17, 15) is 14.7 Å². The maximum Gasteiger partial charge on any atom is 0.293 e. The highest BCUT2D eigenvalue weighted by atomic mass is 127. The van der Waals surface area contributed by atoms with E-state index in [-0.39, 0.29) is 23.4 Å². The van der Waals surface area contributed by atoms with Gasteiger partial charge in [-0.2, -0.15) is 0 Å². The van der Waals surface area contributed by atoms with Gasteiger partial charge < -0.3 is 5.11 Å². The van der Waals surface area contributed by atoms with Gasteiger partial charge in [0.25, 0.3) is 11.1 Å². The number of halogens is 3. The molecule has 0 spiro atoms. The molecule has 1 aliphatic rings. The third kappa shape index (κ3) is 4.29. The van der Waals surface area contributed by atoms with Crippen LogP contribution in [0.3, 0.4) is 0 Å². The lowest BCUT2D eigenvalue weighted by molar-refractivity contribution is -0.123. The second-order valence-corrected chi connectivity index (χ2v) is 9.17. The van der Waals surface area contributed by atoms with Crippen molar-refractivity contribution in [3.05, 3.63) is 64.9 Å². The van der Waals surface area contributed by atoms with Gasteiger partial charge in [-0.25, -0.2) is 0 Å². The average molecular weight is 595 g/mol. The molecule has 0 unspecified atom stereocenters. The number of nitrogens with zero attached hydrogens (tertiary/aromatic N) is 1. The molecule has 1 aliphatic heterocycles. The zero-order valence-electron chi connectivity index (χ0n) is 12.5. The normalized spacial score (nSPS) is 16.1. The molecule has 8 heteroatoms. The van der Waals surface area contributed by atoms with Crippen LogP contribution in [0.4, 0.5) is 4.79 Å².